The highest BCUT2D eigenvalue weighted by Gasteiger charge is 2.39. The Morgan fingerprint density at radius 2 is 1.22 bits per heavy atom. The van der Waals surface area contributed by atoms with Crippen molar-refractivity contribution in [3.8, 4) is 12.1 Å². The normalized spacial score (nSPS) is 15.5. The number of anilines is 2. The monoisotopic (exact) mass is 750 g/mol. The summed E-state index contributed by atoms with van der Waals surface area (Å²) >= 11 is 0. The lowest BCUT2D eigenvalue weighted by Gasteiger charge is -2.36. The molecule has 2 saturated heterocycles. The van der Waals surface area contributed by atoms with Gasteiger partial charge in [0.2, 0.25) is 0 Å². The van der Waals surface area contributed by atoms with Crippen molar-refractivity contribution >= 4 is 23.3 Å². The Hall–Kier alpha value is -5.92. The highest BCUT2D eigenvalue weighted by Crippen LogP contribution is 2.37. The maximum absolute atomic E-state index is 15.3. The van der Waals surface area contributed by atoms with Gasteiger partial charge in [0.15, 0.2) is 11.3 Å². The standard InChI is InChI=1S/C21H23FN4O.C11H12FN3.C10H13NO2/c1-3-16-10-14(2)17(11-18(16)24)20(27)26-8-6-21(22,7-9-26)19-5-4-15(12-23)13-25-19;12-11(3-5-14-6-4-11)10-2-1-9(7-13)8-15-10;1-3-7-4-6(2)8(10(12)13)5-9(7)11/h4-5,10-11,13H,3,6-9,24H2,1-2H3;1-2,8,14H,3-6H2;4-5H,3,11H2,1-2H3,(H,12,13). The quantitative estimate of drug-likeness (QED) is 0.151. The molecule has 4 heterocycles. The number of carbonyl (C=O) groups excluding carboxylic acids is 1. The minimum absolute atomic E-state index is 0.114. The van der Waals surface area contributed by atoms with Crippen LogP contribution in [0.5, 0.6) is 0 Å². The van der Waals surface area contributed by atoms with Crippen molar-refractivity contribution in [2.45, 2.75) is 77.6 Å². The number of rotatable bonds is 6. The van der Waals surface area contributed by atoms with Gasteiger partial charge in [-0.15, -0.1) is 0 Å². The number of carboxylic acids is 1. The van der Waals surface area contributed by atoms with Crippen molar-refractivity contribution in [3.05, 3.63) is 117 Å². The highest BCUT2D eigenvalue weighted by molar-refractivity contribution is 5.97. The second-order valence-corrected chi connectivity index (χ2v) is 13.8. The molecule has 0 atom stereocenters. The van der Waals surface area contributed by atoms with Crippen LogP contribution in [-0.4, -0.2) is 58.0 Å². The van der Waals surface area contributed by atoms with Crippen LogP contribution in [0.2, 0.25) is 0 Å². The van der Waals surface area contributed by atoms with Crippen LogP contribution in [0.25, 0.3) is 0 Å². The minimum atomic E-state index is -1.58. The molecule has 4 aromatic rings. The Balaban J connectivity index is 0.000000202. The maximum atomic E-state index is 15.3. The number of nitriles is 2. The van der Waals surface area contributed by atoms with Gasteiger partial charge in [-0.1, -0.05) is 26.0 Å². The molecule has 1 amide bonds. The van der Waals surface area contributed by atoms with E-state index in [0.717, 1.165) is 35.1 Å². The summed E-state index contributed by atoms with van der Waals surface area (Å²) in [5.74, 6) is -1.04. The molecule has 2 aromatic carbocycles. The average Bonchev–Trinajstić information content (AvgIpc) is 3.20. The first kappa shape index (κ1) is 41.8. The number of halogens is 2. The molecule has 2 aliphatic rings. The molecule has 0 spiro atoms. The van der Waals surface area contributed by atoms with E-state index in [0.29, 0.717) is 78.5 Å². The zero-order chi connectivity index (χ0) is 40.3. The van der Waals surface area contributed by atoms with Gasteiger partial charge < -0.3 is 26.8 Å². The molecular formula is C42H48F2N8O3. The van der Waals surface area contributed by atoms with Crippen molar-refractivity contribution in [2.75, 3.05) is 37.6 Å². The number of aromatic nitrogens is 2. The number of nitrogen functional groups attached to an aromatic ring is 2. The van der Waals surface area contributed by atoms with E-state index in [9.17, 15) is 14.0 Å². The van der Waals surface area contributed by atoms with Gasteiger partial charge in [-0.3, -0.25) is 14.8 Å². The topological polar surface area (TPSA) is 195 Å². The Morgan fingerprint density at radius 3 is 1.62 bits per heavy atom. The predicted octanol–water partition coefficient (Wildman–Crippen LogP) is 6.85. The lowest BCUT2D eigenvalue weighted by atomic mass is 9.89. The van der Waals surface area contributed by atoms with Crippen LogP contribution >= 0.6 is 0 Å². The molecule has 2 fully saturated rings. The smallest absolute Gasteiger partial charge is 0.336 e. The first-order valence-corrected chi connectivity index (χ1v) is 18.3. The van der Waals surface area contributed by atoms with Gasteiger partial charge in [0.25, 0.3) is 5.91 Å². The number of nitrogens with zero attached hydrogens (tertiary/aromatic N) is 5. The number of amides is 1. The predicted molar refractivity (Wildman–Crippen MR) is 208 cm³/mol. The molecule has 11 nitrogen and oxygen atoms in total. The number of benzene rings is 2. The van der Waals surface area contributed by atoms with E-state index in [1.54, 1.807) is 42.2 Å². The van der Waals surface area contributed by atoms with Crippen LogP contribution in [0.15, 0.2) is 60.9 Å². The van der Waals surface area contributed by atoms with Crippen molar-refractivity contribution in [1.82, 2.24) is 20.2 Å². The molecule has 6 N–H and O–H groups in total. The average molecular weight is 751 g/mol. The molecular weight excluding hydrogens is 703 g/mol. The third kappa shape index (κ3) is 10.2. The zero-order valence-corrected chi connectivity index (χ0v) is 31.8. The number of hydrogen-bond donors (Lipinski definition) is 4. The Kier molecular flexibility index (Phi) is 14.0. The van der Waals surface area contributed by atoms with Gasteiger partial charge in [-0.2, -0.15) is 10.5 Å². The first-order chi connectivity index (χ1) is 26.2. The van der Waals surface area contributed by atoms with E-state index in [1.807, 2.05) is 45.0 Å². The lowest BCUT2D eigenvalue weighted by molar-refractivity contribution is 0.0402. The fraction of sp³-hybridized carbons (Fsp3) is 0.381. The number of hydrogen-bond acceptors (Lipinski definition) is 9. The van der Waals surface area contributed by atoms with E-state index in [-0.39, 0.29) is 24.3 Å². The maximum Gasteiger partial charge on any atom is 0.336 e. The van der Waals surface area contributed by atoms with Crippen LogP contribution in [-0.2, 0) is 24.2 Å². The largest absolute Gasteiger partial charge is 0.478 e. The van der Waals surface area contributed by atoms with Gasteiger partial charge in [-0.05, 0) is 111 Å². The fourth-order valence-corrected chi connectivity index (χ4v) is 6.66. The van der Waals surface area contributed by atoms with Crippen LogP contribution in [0.1, 0.15) is 105 Å². The molecule has 0 aliphatic carbocycles. The number of carboxylic acid groups (broad SMARTS) is 1. The molecule has 2 aliphatic heterocycles. The lowest BCUT2D eigenvalue weighted by Crippen LogP contribution is -2.43. The third-order valence-corrected chi connectivity index (χ3v) is 10.1. The summed E-state index contributed by atoms with van der Waals surface area (Å²) < 4.78 is 29.7. The van der Waals surface area contributed by atoms with Gasteiger partial charge in [-0.25, -0.2) is 13.6 Å². The summed E-state index contributed by atoms with van der Waals surface area (Å²) in [7, 11) is 0. The first-order valence-electron chi connectivity index (χ1n) is 18.3. The highest BCUT2D eigenvalue weighted by atomic mass is 19.1. The second-order valence-electron chi connectivity index (χ2n) is 13.8. The van der Waals surface area contributed by atoms with Crippen LogP contribution < -0.4 is 16.8 Å². The van der Waals surface area contributed by atoms with Crippen molar-refractivity contribution in [3.63, 3.8) is 0 Å². The zero-order valence-electron chi connectivity index (χ0n) is 31.8. The van der Waals surface area contributed by atoms with E-state index in [4.69, 9.17) is 27.1 Å². The number of nitrogens with one attached hydrogen (secondary N) is 1. The number of alkyl halides is 2. The molecule has 6 rings (SSSR count). The Bertz CT molecular complexity index is 2060. The summed E-state index contributed by atoms with van der Waals surface area (Å²) in [5.41, 5.74) is 16.2. The van der Waals surface area contributed by atoms with E-state index < -0.39 is 17.3 Å². The van der Waals surface area contributed by atoms with Gasteiger partial charge >= 0.3 is 5.97 Å². The summed E-state index contributed by atoms with van der Waals surface area (Å²) in [6, 6.07) is 17.4. The van der Waals surface area contributed by atoms with Crippen molar-refractivity contribution in [1.29, 1.82) is 10.5 Å². The van der Waals surface area contributed by atoms with Gasteiger partial charge in [0.05, 0.1) is 28.1 Å². The van der Waals surface area contributed by atoms with Crippen LogP contribution in [0, 0.1) is 36.5 Å². The Morgan fingerprint density at radius 1 is 0.782 bits per heavy atom. The molecule has 0 radical (unpaired) electrons. The SMILES string of the molecule is CCc1cc(C)c(C(=O)N2CCC(F)(c3ccc(C#N)cn3)CC2)cc1N.CCc1cc(C)c(C(=O)O)cc1N.N#Cc1ccc(C2(F)CCNCC2)nc1. The van der Waals surface area contributed by atoms with E-state index >= 15 is 4.39 Å². The molecule has 288 valence electrons. The van der Waals surface area contributed by atoms with Gasteiger partial charge in [0.1, 0.15) is 12.1 Å². The molecule has 0 unspecified atom stereocenters. The number of likely N-dealkylation sites (tertiary alicyclic amines) is 1. The van der Waals surface area contributed by atoms with Crippen molar-refractivity contribution < 1.29 is 23.5 Å². The second kappa shape index (κ2) is 18.4. The molecule has 55 heavy (non-hydrogen) atoms. The molecule has 2 aromatic heterocycles. The summed E-state index contributed by atoms with van der Waals surface area (Å²) in [4.78, 5) is 33.4. The number of piperidine rings is 2. The molecule has 0 bridgehead atoms. The minimum Gasteiger partial charge on any atom is -0.478 e. The third-order valence-electron chi connectivity index (χ3n) is 10.1. The van der Waals surface area contributed by atoms with E-state index in [1.165, 1.54) is 18.5 Å². The van der Waals surface area contributed by atoms with Crippen LogP contribution in [0.4, 0.5) is 20.2 Å². The number of pyridine rings is 2. The van der Waals surface area contributed by atoms with Crippen molar-refractivity contribution in [2.24, 2.45) is 0 Å². The number of nitrogens with two attached hydrogens (primary N) is 2. The van der Waals surface area contributed by atoms with E-state index in [2.05, 4.69) is 15.3 Å². The number of aromatic carboxylic acids is 1. The summed E-state index contributed by atoms with van der Waals surface area (Å²) in [6.07, 6.45) is 5.71. The molecule has 13 heteroatoms. The molecule has 0 saturated carbocycles. The fourth-order valence-electron chi connectivity index (χ4n) is 6.66. The Labute approximate surface area is 321 Å². The van der Waals surface area contributed by atoms with Gasteiger partial charge in [0, 0.05) is 55.3 Å². The van der Waals surface area contributed by atoms with Crippen LogP contribution in [0.3, 0.4) is 0 Å². The number of carbonyl (C=O) groups is 2. The number of aryl methyl sites for hydroxylation is 4. The summed E-state index contributed by atoms with van der Waals surface area (Å²) in [5, 5.41) is 29.4. The summed E-state index contributed by atoms with van der Waals surface area (Å²) in [6.45, 7) is 9.67.